The van der Waals surface area contributed by atoms with Crippen LogP contribution in [0.1, 0.15) is 30.3 Å². The zero-order valence-electron chi connectivity index (χ0n) is 16.5. The Bertz CT molecular complexity index is 964. The van der Waals surface area contributed by atoms with Gasteiger partial charge in [-0.05, 0) is 53.8 Å². The van der Waals surface area contributed by atoms with Crippen LogP contribution in [-0.4, -0.2) is 65.3 Å². The molecule has 1 saturated heterocycles. The van der Waals surface area contributed by atoms with Crippen LogP contribution in [0, 0.1) is 18.7 Å². The number of benzene rings is 1. The molecule has 2 atom stereocenters. The lowest BCUT2D eigenvalue weighted by Crippen LogP contribution is -2.46. The molecular formula is C18H25FN6O3S. The number of carbonyl (C=O) groups excluding carboxylic acids is 1. The van der Waals surface area contributed by atoms with Gasteiger partial charge in [0.1, 0.15) is 17.7 Å². The monoisotopic (exact) mass is 424 g/mol. The van der Waals surface area contributed by atoms with Gasteiger partial charge in [-0.25, -0.2) is 22.2 Å². The standard InChI is InChI=1S/C18H25FN6O3S/c1-13-21-22-23-25(13)17(10-14-5-3-7-16(19)9-14)18(26)24-8-4-6-15(12-24)11-20-29(2,27)28/h3,5,7,9,15,17,20H,4,6,8,10-12H2,1-2H3/t15-,17-/m0/s1. The Morgan fingerprint density at radius 2 is 2.21 bits per heavy atom. The molecule has 2 heterocycles. The Labute approximate surface area is 169 Å². The summed E-state index contributed by atoms with van der Waals surface area (Å²) in [7, 11) is -3.28. The fourth-order valence-electron chi connectivity index (χ4n) is 3.60. The van der Waals surface area contributed by atoms with Gasteiger partial charge in [0.15, 0.2) is 0 Å². The topological polar surface area (TPSA) is 110 Å². The third-order valence-corrected chi connectivity index (χ3v) is 5.71. The van der Waals surface area contributed by atoms with Crippen molar-refractivity contribution < 1.29 is 17.6 Å². The maximum absolute atomic E-state index is 13.6. The quantitative estimate of drug-likeness (QED) is 0.700. The molecule has 1 aromatic carbocycles. The number of hydrogen-bond donors (Lipinski definition) is 1. The number of amides is 1. The van der Waals surface area contributed by atoms with Gasteiger partial charge in [-0.1, -0.05) is 12.1 Å². The number of nitrogens with one attached hydrogen (secondary N) is 1. The maximum atomic E-state index is 13.6. The summed E-state index contributed by atoms with van der Waals surface area (Å²) >= 11 is 0. The number of tetrazole rings is 1. The normalized spacial score (nSPS) is 18.6. The zero-order valence-corrected chi connectivity index (χ0v) is 17.3. The van der Waals surface area contributed by atoms with Gasteiger partial charge >= 0.3 is 0 Å². The van der Waals surface area contributed by atoms with Crippen LogP contribution in [0.25, 0.3) is 0 Å². The summed E-state index contributed by atoms with van der Waals surface area (Å²) in [5, 5.41) is 11.5. The highest BCUT2D eigenvalue weighted by Crippen LogP contribution is 2.23. The molecule has 1 aliphatic rings. The van der Waals surface area contributed by atoms with Crippen LogP contribution < -0.4 is 4.72 Å². The third kappa shape index (κ3) is 5.80. The summed E-state index contributed by atoms with van der Waals surface area (Å²) in [6, 6.07) is 5.42. The summed E-state index contributed by atoms with van der Waals surface area (Å²) in [6.07, 6.45) is 2.99. The Kier molecular flexibility index (Phi) is 6.58. The predicted octanol–water partition coefficient (Wildman–Crippen LogP) is 0.692. The van der Waals surface area contributed by atoms with Crippen molar-refractivity contribution in [2.75, 3.05) is 25.9 Å². The van der Waals surface area contributed by atoms with Gasteiger partial charge in [-0.3, -0.25) is 4.79 Å². The molecule has 0 saturated carbocycles. The molecular weight excluding hydrogens is 399 g/mol. The minimum absolute atomic E-state index is 0.0345. The number of halogens is 1. The van der Waals surface area contributed by atoms with Crippen LogP contribution in [0.3, 0.4) is 0 Å². The molecule has 1 fully saturated rings. The Morgan fingerprint density at radius 3 is 2.86 bits per heavy atom. The second-order valence-electron chi connectivity index (χ2n) is 7.43. The number of carbonyl (C=O) groups is 1. The molecule has 9 nitrogen and oxygen atoms in total. The molecule has 0 radical (unpaired) electrons. The SMILES string of the molecule is Cc1nnnn1[C@@H](Cc1cccc(F)c1)C(=O)N1CCC[C@@H](CNS(C)(=O)=O)C1. The zero-order chi connectivity index (χ0) is 21.0. The highest BCUT2D eigenvalue weighted by atomic mass is 32.2. The molecule has 0 unspecified atom stereocenters. The first-order valence-corrected chi connectivity index (χ1v) is 11.3. The van der Waals surface area contributed by atoms with E-state index in [0.29, 0.717) is 31.0 Å². The molecule has 0 aliphatic carbocycles. The lowest BCUT2D eigenvalue weighted by molar-refractivity contribution is -0.137. The average molecular weight is 425 g/mol. The van der Waals surface area contributed by atoms with Crippen LogP contribution in [0.4, 0.5) is 4.39 Å². The Balaban J connectivity index is 1.78. The number of rotatable bonds is 7. The molecule has 158 valence electrons. The molecule has 0 spiro atoms. The van der Waals surface area contributed by atoms with Gasteiger partial charge in [0.25, 0.3) is 0 Å². The molecule has 1 N–H and O–H groups in total. The van der Waals surface area contributed by atoms with Gasteiger partial charge in [-0.15, -0.1) is 5.10 Å². The van der Waals surface area contributed by atoms with E-state index in [-0.39, 0.29) is 24.1 Å². The van der Waals surface area contributed by atoms with Crippen molar-refractivity contribution in [3.05, 3.63) is 41.5 Å². The van der Waals surface area contributed by atoms with Gasteiger partial charge in [0.2, 0.25) is 15.9 Å². The predicted molar refractivity (Wildman–Crippen MR) is 104 cm³/mol. The number of hydrogen-bond acceptors (Lipinski definition) is 6. The van der Waals surface area contributed by atoms with Crippen LogP contribution in [0.5, 0.6) is 0 Å². The fraction of sp³-hybridized carbons (Fsp3) is 0.556. The number of sulfonamides is 1. The number of piperidine rings is 1. The number of nitrogens with zero attached hydrogens (tertiary/aromatic N) is 5. The second kappa shape index (κ2) is 8.95. The van der Waals surface area contributed by atoms with Gasteiger partial charge in [0.05, 0.1) is 6.26 Å². The van der Waals surface area contributed by atoms with E-state index in [1.165, 1.54) is 16.8 Å². The van der Waals surface area contributed by atoms with Crippen molar-refractivity contribution in [1.29, 1.82) is 0 Å². The average Bonchev–Trinajstić information content (AvgIpc) is 3.09. The van der Waals surface area contributed by atoms with Crippen LogP contribution in [0.15, 0.2) is 24.3 Å². The summed E-state index contributed by atoms with van der Waals surface area (Å²) in [5.74, 6) is 0.00000699. The van der Waals surface area contributed by atoms with Gasteiger partial charge in [-0.2, -0.15) is 0 Å². The second-order valence-corrected chi connectivity index (χ2v) is 9.27. The lowest BCUT2D eigenvalue weighted by atomic mass is 9.96. The summed E-state index contributed by atoms with van der Waals surface area (Å²) in [5.41, 5.74) is 0.672. The van der Waals surface area contributed by atoms with Crippen molar-refractivity contribution in [3.63, 3.8) is 0 Å². The fourth-order valence-corrected chi connectivity index (χ4v) is 4.14. The van der Waals surface area contributed by atoms with E-state index in [1.807, 2.05) is 0 Å². The molecule has 3 rings (SSSR count). The first kappa shape index (κ1) is 21.3. The third-order valence-electron chi connectivity index (χ3n) is 5.02. The molecule has 11 heteroatoms. The van der Waals surface area contributed by atoms with Gasteiger partial charge in [0, 0.05) is 26.1 Å². The Morgan fingerprint density at radius 1 is 1.41 bits per heavy atom. The first-order valence-electron chi connectivity index (χ1n) is 9.45. The molecule has 29 heavy (non-hydrogen) atoms. The minimum atomic E-state index is -3.28. The van der Waals surface area contributed by atoms with Crippen molar-refractivity contribution in [2.24, 2.45) is 5.92 Å². The van der Waals surface area contributed by atoms with E-state index >= 15 is 0 Å². The van der Waals surface area contributed by atoms with E-state index in [4.69, 9.17) is 0 Å². The van der Waals surface area contributed by atoms with Gasteiger partial charge < -0.3 is 4.90 Å². The van der Waals surface area contributed by atoms with Crippen LogP contribution >= 0.6 is 0 Å². The number of aryl methyl sites for hydroxylation is 1. The summed E-state index contributed by atoms with van der Waals surface area (Å²) in [4.78, 5) is 15.1. The Hall–Kier alpha value is -2.40. The molecule has 0 bridgehead atoms. The maximum Gasteiger partial charge on any atom is 0.247 e. The highest BCUT2D eigenvalue weighted by Gasteiger charge is 2.32. The van der Waals surface area contributed by atoms with E-state index in [2.05, 4.69) is 20.2 Å². The van der Waals surface area contributed by atoms with Crippen molar-refractivity contribution >= 4 is 15.9 Å². The molecule has 1 aliphatic heterocycles. The molecule has 1 aromatic heterocycles. The van der Waals surface area contributed by atoms with E-state index in [9.17, 15) is 17.6 Å². The smallest absolute Gasteiger partial charge is 0.247 e. The summed E-state index contributed by atoms with van der Waals surface area (Å²) in [6.45, 7) is 3.03. The largest absolute Gasteiger partial charge is 0.341 e. The molecule has 1 amide bonds. The van der Waals surface area contributed by atoms with E-state index < -0.39 is 16.1 Å². The number of aromatic nitrogens is 4. The summed E-state index contributed by atoms with van der Waals surface area (Å²) < 4.78 is 40.4. The van der Waals surface area contributed by atoms with Crippen LogP contribution in [0.2, 0.25) is 0 Å². The lowest BCUT2D eigenvalue weighted by Gasteiger charge is -2.35. The van der Waals surface area contributed by atoms with Crippen LogP contribution in [-0.2, 0) is 21.2 Å². The van der Waals surface area contributed by atoms with Crippen molar-refractivity contribution in [1.82, 2.24) is 29.8 Å². The number of likely N-dealkylation sites (tertiary alicyclic amines) is 1. The van der Waals surface area contributed by atoms with E-state index in [1.54, 1.807) is 24.0 Å². The first-order chi connectivity index (χ1) is 13.7. The van der Waals surface area contributed by atoms with Crippen molar-refractivity contribution in [2.45, 2.75) is 32.2 Å². The minimum Gasteiger partial charge on any atom is -0.341 e. The highest BCUT2D eigenvalue weighted by molar-refractivity contribution is 7.88. The molecule has 2 aromatic rings. The van der Waals surface area contributed by atoms with Crippen molar-refractivity contribution in [3.8, 4) is 0 Å². The van der Waals surface area contributed by atoms with E-state index in [0.717, 1.165) is 19.1 Å².